The number of anilines is 2. The molecule has 6 nitrogen and oxygen atoms in total. The van der Waals surface area contributed by atoms with E-state index in [-0.39, 0.29) is 11.8 Å². The Hall–Kier alpha value is -3.19. The predicted octanol–water partition coefficient (Wildman–Crippen LogP) is 4.73. The second-order valence-electron chi connectivity index (χ2n) is 6.11. The van der Waals surface area contributed by atoms with Gasteiger partial charge in [0.05, 0.1) is 12.3 Å². The lowest BCUT2D eigenvalue weighted by molar-refractivity contribution is -0.114. The van der Waals surface area contributed by atoms with Gasteiger partial charge in [-0.15, -0.1) is 11.3 Å². The Balaban J connectivity index is 1.77. The Bertz CT molecular complexity index is 996. The second kappa shape index (κ2) is 8.67. The Morgan fingerprint density at radius 2 is 1.75 bits per heavy atom. The van der Waals surface area contributed by atoms with Crippen LogP contribution in [0.5, 0.6) is 5.75 Å². The summed E-state index contributed by atoms with van der Waals surface area (Å²) < 4.78 is 5.46. The molecule has 7 heteroatoms. The van der Waals surface area contributed by atoms with E-state index in [2.05, 4.69) is 15.6 Å². The molecular weight excluding hydrogens is 374 g/mol. The van der Waals surface area contributed by atoms with Crippen LogP contribution in [0.15, 0.2) is 48.5 Å². The van der Waals surface area contributed by atoms with Crippen LogP contribution in [0, 0.1) is 6.92 Å². The standard InChI is InChI=1S/C21H21N3O3S/c1-4-27-18-10-8-15(9-11-18)21-22-13(2)19(28-21)20(26)24-17-7-5-6-16(12-17)23-14(3)25/h5-12H,4H2,1-3H3,(H,23,25)(H,24,26). The first-order valence-electron chi connectivity index (χ1n) is 8.86. The van der Waals surface area contributed by atoms with Gasteiger partial charge in [0.15, 0.2) is 0 Å². The van der Waals surface area contributed by atoms with E-state index < -0.39 is 0 Å². The molecule has 0 aliphatic rings. The number of carbonyl (C=O) groups is 2. The summed E-state index contributed by atoms with van der Waals surface area (Å²) in [7, 11) is 0. The lowest BCUT2D eigenvalue weighted by Crippen LogP contribution is -2.12. The first kappa shape index (κ1) is 19.6. The first-order chi connectivity index (χ1) is 13.5. The zero-order chi connectivity index (χ0) is 20.1. The van der Waals surface area contributed by atoms with Crippen molar-refractivity contribution < 1.29 is 14.3 Å². The summed E-state index contributed by atoms with van der Waals surface area (Å²) >= 11 is 1.34. The molecule has 0 spiro atoms. The number of thiazole rings is 1. The summed E-state index contributed by atoms with van der Waals surface area (Å²) in [5.74, 6) is 0.408. The normalized spacial score (nSPS) is 10.4. The lowest BCUT2D eigenvalue weighted by atomic mass is 10.2. The Labute approximate surface area is 167 Å². The average molecular weight is 395 g/mol. The van der Waals surface area contributed by atoms with E-state index in [1.54, 1.807) is 24.3 Å². The Morgan fingerprint density at radius 3 is 2.39 bits per heavy atom. The second-order valence-corrected chi connectivity index (χ2v) is 7.11. The highest BCUT2D eigenvalue weighted by Crippen LogP contribution is 2.30. The molecule has 0 saturated heterocycles. The van der Waals surface area contributed by atoms with E-state index in [0.29, 0.717) is 28.6 Å². The van der Waals surface area contributed by atoms with Crippen molar-refractivity contribution in [1.82, 2.24) is 4.98 Å². The molecule has 0 radical (unpaired) electrons. The van der Waals surface area contributed by atoms with Gasteiger partial charge in [0.2, 0.25) is 5.91 Å². The van der Waals surface area contributed by atoms with Crippen LogP contribution in [-0.2, 0) is 4.79 Å². The smallest absolute Gasteiger partial charge is 0.267 e. The van der Waals surface area contributed by atoms with Crippen molar-refractivity contribution in [2.45, 2.75) is 20.8 Å². The molecule has 0 unspecified atom stereocenters. The van der Waals surface area contributed by atoms with Crippen molar-refractivity contribution in [1.29, 1.82) is 0 Å². The minimum absolute atomic E-state index is 0.165. The predicted molar refractivity (Wildman–Crippen MR) is 112 cm³/mol. The van der Waals surface area contributed by atoms with Gasteiger partial charge in [0.25, 0.3) is 5.91 Å². The van der Waals surface area contributed by atoms with Gasteiger partial charge in [0, 0.05) is 23.9 Å². The highest BCUT2D eigenvalue weighted by molar-refractivity contribution is 7.17. The SMILES string of the molecule is CCOc1ccc(-c2nc(C)c(C(=O)Nc3cccc(NC(C)=O)c3)s2)cc1. The molecular formula is C21H21N3O3S. The maximum absolute atomic E-state index is 12.7. The number of nitrogens with one attached hydrogen (secondary N) is 2. The summed E-state index contributed by atoms with van der Waals surface area (Å²) in [5, 5.41) is 6.34. The van der Waals surface area contributed by atoms with E-state index in [1.165, 1.54) is 18.3 Å². The molecule has 1 heterocycles. The number of amides is 2. The number of rotatable bonds is 6. The van der Waals surface area contributed by atoms with Crippen LogP contribution in [0.2, 0.25) is 0 Å². The van der Waals surface area contributed by atoms with Crippen molar-refractivity contribution in [3.05, 3.63) is 59.1 Å². The molecule has 3 aromatic rings. The molecule has 2 N–H and O–H groups in total. The van der Waals surface area contributed by atoms with E-state index in [4.69, 9.17) is 4.74 Å². The molecule has 144 valence electrons. The quantitative estimate of drug-likeness (QED) is 0.632. The molecule has 1 aromatic heterocycles. The number of hydrogen-bond acceptors (Lipinski definition) is 5. The molecule has 0 fully saturated rings. The molecule has 2 aromatic carbocycles. The highest BCUT2D eigenvalue weighted by Gasteiger charge is 2.16. The van der Waals surface area contributed by atoms with Crippen LogP contribution in [0.4, 0.5) is 11.4 Å². The van der Waals surface area contributed by atoms with Gasteiger partial charge in [-0.2, -0.15) is 0 Å². The van der Waals surface area contributed by atoms with Gasteiger partial charge in [-0.3, -0.25) is 9.59 Å². The lowest BCUT2D eigenvalue weighted by Gasteiger charge is -2.07. The summed E-state index contributed by atoms with van der Waals surface area (Å²) in [4.78, 5) is 29.0. The number of aryl methyl sites for hydroxylation is 1. The van der Waals surface area contributed by atoms with Crippen molar-refractivity contribution in [3.8, 4) is 16.3 Å². The molecule has 0 bridgehead atoms. The fraction of sp³-hybridized carbons (Fsp3) is 0.190. The number of aromatic nitrogens is 1. The maximum Gasteiger partial charge on any atom is 0.267 e. The first-order valence-corrected chi connectivity index (χ1v) is 9.67. The molecule has 28 heavy (non-hydrogen) atoms. The van der Waals surface area contributed by atoms with Gasteiger partial charge >= 0.3 is 0 Å². The topological polar surface area (TPSA) is 80.3 Å². The zero-order valence-corrected chi connectivity index (χ0v) is 16.7. The van der Waals surface area contributed by atoms with Crippen LogP contribution in [0.25, 0.3) is 10.6 Å². The highest BCUT2D eigenvalue weighted by atomic mass is 32.1. The van der Waals surface area contributed by atoms with Gasteiger partial charge in [-0.1, -0.05) is 6.07 Å². The van der Waals surface area contributed by atoms with Crippen molar-refractivity contribution in [2.24, 2.45) is 0 Å². The molecule has 0 aliphatic carbocycles. The fourth-order valence-corrected chi connectivity index (χ4v) is 3.62. The third kappa shape index (κ3) is 4.75. The van der Waals surface area contributed by atoms with Gasteiger partial charge in [0.1, 0.15) is 15.6 Å². The van der Waals surface area contributed by atoms with E-state index in [0.717, 1.165) is 16.3 Å². The summed E-state index contributed by atoms with van der Waals surface area (Å²) in [6.45, 7) is 5.81. The number of carbonyl (C=O) groups excluding carboxylic acids is 2. The third-order valence-electron chi connectivity index (χ3n) is 3.86. The van der Waals surface area contributed by atoms with E-state index in [9.17, 15) is 9.59 Å². The van der Waals surface area contributed by atoms with Gasteiger partial charge < -0.3 is 15.4 Å². The maximum atomic E-state index is 12.7. The molecule has 0 aliphatic heterocycles. The van der Waals surface area contributed by atoms with Gasteiger partial charge in [-0.05, 0) is 56.3 Å². The Morgan fingerprint density at radius 1 is 1.07 bits per heavy atom. The van der Waals surface area contributed by atoms with Gasteiger partial charge in [-0.25, -0.2) is 4.98 Å². The number of nitrogens with zero attached hydrogens (tertiary/aromatic N) is 1. The van der Waals surface area contributed by atoms with Crippen molar-refractivity contribution in [2.75, 3.05) is 17.2 Å². The monoisotopic (exact) mass is 395 g/mol. The van der Waals surface area contributed by atoms with Crippen LogP contribution in [0.3, 0.4) is 0 Å². The molecule has 2 amide bonds. The van der Waals surface area contributed by atoms with Crippen molar-refractivity contribution in [3.63, 3.8) is 0 Å². The van der Waals surface area contributed by atoms with Crippen LogP contribution in [0.1, 0.15) is 29.2 Å². The average Bonchev–Trinajstić information content (AvgIpc) is 3.04. The molecule has 0 saturated carbocycles. The van der Waals surface area contributed by atoms with Crippen molar-refractivity contribution >= 4 is 34.5 Å². The zero-order valence-electron chi connectivity index (χ0n) is 15.9. The Kier molecular flexibility index (Phi) is 6.06. The number of hydrogen-bond donors (Lipinski definition) is 2. The largest absolute Gasteiger partial charge is 0.494 e. The van der Waals surface area contributed by atoms with Crippen LogP contribution >= 0.6 is 11.3 Å². The van der Waals surface area contributed by atoms with E-state index >= 15 is 0 Å². The minimum Gasteiger partial charge on any atom is -0.494 e. The third-order valence-corrected chi connectivity index (χ3v) is 5.06. The van der Waals surface area contributed by atoms with Crippen LogP contribution < -0.4 is 15.4 Å². The molecule has 0 atom stereocenters. The molecule has 3 rings (SSSR count). The van der Waals surface area contributed by atoms with Crippen LogP contribution in [-0.4, -0.2) is 23.4 Å². The minimum atomic E-state index is -0.229. The summed E-state index contributed by atoms with van der Waals surface area (Å²) in [5.41, 5.74) is 2.83. The fourth-order valence-electron chi connectivity index (χ4n) is 2.66. The summed E-state index contributed by atoms with van der Waals surface area (Å²) in [6, 6.07) is 14.7. The summed E-state index contributed by atoms with van der Waals surface area (Å²) in [6.07, 6.45) is 0. The van der Waals surface area contributed by atoms with E-state index in [1.807, 2.05) is 38.1 Å². The number of benzene rings is 2. The number of ether oxygens (including phenoxy) is 1.